The fourth-order valence-electron chi connectivity index (χ4n) is 2.98. The van der Waals surface area contributed by atoms with Crippen molar-refractivity contribution in [2.24, 2.45) is 5.92 Å². The Balaban J connectivity index is 1.47. The molecule has 0 heterocycles. The van der Waals surface area contributed by atoms with Crippen LogP contribution in [0.1, 0.15) is 76.7 Å². The molecule has 0 aliphatic heterocycles. The highest BCUT2D eigenvalue weighted by atomic mass is 35.5. The van der Waals surface area contributed by atoms with Crippen molar-refractivity contribution in [2.45, 2.75) is 71.1 Å². The molecule has 0 bridgehead atoms. The molecule has 0 atom stereocenters. The maximum Gasteiger partial charge on any atom is 0.306 e. The molecule has 0 amide bonds. The Morgan fingerprint density at radius 3 is 2.40 bits per heavy atom. The molecule has 0 spiro atoms. The largest absolute Gasteiger partial charge is 0.461 e. The van der Waals surface area contributed by atoms with Gasteiger partial charge in [-0.1, -0.05) is 75.1 Å². The van der Waals surface area contributed by atoms with Crippen molar-refractivity contribution in [3.8, 4) is 0 Å². The van der Waals surface area contributed by atoms with E-state index in [1.165, 1.54) is 44.9 Å². The van der Waals surface area contributed by atoms with Crippen LogP contribution >= 0.6 is 11.6 Å². The van der Waals surface area contributed by atoms with Crippen LogP contribution in [0.2, 0.25) is 5.02 Å². The molecular formula is C22H31ClO2. The summed E-state index contributed by atoms with van der Waals surface area (Å²) in [6.07, 6.45) is 14.2. The van der Waals surface area contributed by atoms with Gasteiger partial charge in [-0.3, -0.25) is 4.79 Å². The van der Waals surface area contributed by atoms with Gasteiger partial charge in [-0.2, -0.15) is 0 Å². The molecule has 138 valence electrons. The van der Waals surface area contributed by atoms with Crippen LogP contribution in [-0.4, -0.2) is 12.6 Å². The molecule has 0 saturated heterocycles. The maximum absolute atomic E-state index is 11.8. The van der Waals surface area contributed by atoms with Crippen LogP contribution in [0.4, 0.5) is 0 Å². The van der Waals surface area contributed by atoms with Gasteiger partial charge in [-0.25, -0.2) is 0 Å². The van der Waals surface area contributed by atoms with Crippen molar-refractivity contribution < 1.29 is 9.53 Å². The minimum absolute atomic E-state index is 0.0890. The normalized spacial score (nSPS) is 14.6. The van der Waals surface area contributed by atoms with E-state index in [4.69, 9.17) is 16.3 Å². The Hall–Kier alpha value is -1.28. The first-order valence-corrected chi connectivity index (χ1v) is 10.1. The van der Waals surface area contributed by atoms with E-state index in [9.17, 15) is 4.79 Å². The van der Waals surface area contributed by atoms with E-state index in [1.54, 1.807) is 0 Å². The molecule has 2 rings (SSSR count). The van der Waals surface area contributed by atoms with Crippen LogP contribution in [0.15, 0.2) is 30.3 Å². The second kappa shape index (κ2) is 11.4. The monoisotopic (exact) mass is 362 g/mol. The molecule has 2 nitrogen and oxygen atoms in total. The smallest absolute Gasteiger partial charge is 0.306 e. The first-order valence-electron chi connectivity index (χ1n) is 9.73. The first kappa shape index (κ1) is 20.0. The number of carbonyl (C=O) groups is 1. The lowest BCUT2D eigenvalue weighted by Crippen LogP contribution is -2.04. The van der Waals surface area contributed by atoms with Crippen molar-refractivity contribution in [1.29, 1.82) is 0 Å². The number of hydrogen-bond acceptors (Lipinski definition) is 2. The van der Waals surface area contributed by atoms with Gasteiger partial charge in [0.2, 0.25) is 0 Å². The third kappa shape index (κ3) is 9.11. The lowest BCUT2D eigenvalue weighted by atomic mass is 10.1. The molecule has 1 aliphatic carbocycles. The predicted octanol–water partition coefficient (Wildman–Crippen LogP) is 6.82. The minimum atomic E-state index is -0.0890. The fourth-order valence-corrected chi connectivity index (χ4v) is 3.10. The van der Waals surface area contributed by atoms with Gasteiger partial charge in [0, 0.05) is 11.4 Å². The third-order valence-electron chi connectivity index (χ3n) is 4.87. The van der Waals surface area contributed by atoms with E-state index >= 15 is 0 Å². The molecule has 0 aromatic heterocycles. The fraction of sp³-hybridized carbons (Fsp3) is 0.591. The summed E-state index contributed by atoms with van der Waals surface area (Å²) < 4.78 is 5.29. The Bertz CT molecular complexity index is 544. The molecule has 0 unspecified atom stereocenters. The highest BCUT2D eigenvalue weighted by molar-refractivity contribution is 6.30. The second-order valence-electron chi connectivity index (χ2n) is 7.18. The van der Waals surface area contributed by atoms with Gasteiger partial charge in [0.1, 0.15) is 6.61 Å². The van der Waals surface area contributed by atoms with Gasteiger partial charge in [0.05, 0.1) is 0 Å². The van der Waals surface area contributed by atoms with Crippen molar-refractivity contribution in [3.05, 3.63) is 40.9 Å². The number of halogens is 1. The number of unbranched alkanes of at least 4 members (excludes halogenated alkanes) is 5. The lowest BCUT2D eigenvalue weighted by Gasteiger charge is -2.05. The third-order valence-corrected chi connectivity index (χ3v) is 5.13. The zero-order valence-corrected chi connectivity index (χ0v) is 16.2. The van der Waals surface area contributed by atoms with Crippen molar-refractivity contribution in [2.75, 3.05) is 6.61 Å². The SMILES string of the molecule is CC(=CCOC(=O)CCCCCCCCC1CC1)c1ccc(Cl)cc1. The van der Waals surface area contributed by atoms with E-state index in [2.05, 4.69) is 0 Å². The second-order valence-corrected chi connectivity index (χ2v) is 7.62. The van der Waals surface area contributed by atoms with Crippen LogP contribution in [0.5, 0.6) is 0 Å². The van der Waals surface area contributed by atoms with Gasteiger partial charge in [0.15, 0.2) is 0 Å². The summed E-state index contributed by atoms with van der Waals surface area (Å²) in [6.45, 7) is 2.36. The highest BCUT2D eigenvalue weighted by Crippen LogP contribution is 2.34. The summed E-state index contributed by atoms with van der Waals surface area (Å²) >= 11 is 5.88. The molecule has 0 N–H and O–H groups in total. The van der Waals surface area contributed by atoms with Gasteiger partial charge in [0.25, 0.3) is 0 Å². The van der Waals surface area contributed by atoms with Crippen LogP contribution in [0.25, 0.3) is 5.57 Å². The number of benzene rings is 1. The number of ether oxygens (including phenoxy) is 1. The first-order chi connectivity index (χ1) is 12.1. The standard InChI is InChI=1S/C22H31ClO2/c1-18(20-12-14-21(23)15-13-20)16-17-25-22(24)9-7-5-3-2-4-6-8-19-10-11-19/h12-16,19H,2-11,17H2,1H3. The quantitative estimate of drug-likeness (QED) is 0.301. The minimum Gasteiger partial charge on any atom is -0.461 e. The predicted molar refractivity (Wildman–Crippen MR) is 106 cm³/mol. The zero-order chi connectivity index (χ0) is 17.9. The molecule has 0 radical (unpaired) electrons. The van der Waals surface area contributed by atoms with Gasteiger partial charge >= 0.3 is 5.97 Å². The topological polar surface area (TPSA) is 26.3 Å². The average molecular weight is 363 g/mol. The number of rotatable bonds is 12. The molecule has 1 saturated carbocycles. The molecular weight excluding hydrogens is 332 g/mol. The van der Waals surface area contributed by atoms with Crippen LogP contribution in [0, 0.1) is 5.92 Å². The summed E-state index contributed by atoms with van der Waals surface area (Å²) in [4.78, 5) is 11.8. The summed E-state index contributed by atoms with van der Waals surface area (Å²) in [5.41, 5.74) is 2.19. The molecule has 3 heteroatoms. The zero-order valence-electron chi connectivity index (χ0n) is 15.4. The van der Waals surface area contributed by atoms with Crippen LogP contribution in [-0.2, 0) is 9.53 Å². The Labute approximate surface area is 157 Å². The molecule has 1 aromatic carbocycles. The Morgan fingerprint density at radius 2 is 1.72 bits per heavy atom. The summed E-state index contributed by atoms with van der Waals surface area (Å²) in [6, 6.07) is 7.68. The van der Waals surface area contributed by atoms with E-state index < -0.39 is 0 Å². The molecule has 1 fully saturated rings. The summed E-state index contributed by atoms with van der Waals surface area (Å²) in [5.74, 6) is 0.973. The maximum atomic E-state index is 11.8. The summed E-state index contributed by atoms with van der Waals surface area (Å²) in [7, 11) is 0. The van der Waals surface area contributed by atoms with Crippen molar-refractivity contribution in [1.82, 2.24) is 0 Å². The van der Waals surface area contributed by atoms with Crippen LogP contribution in [0.3, 0.4) is 0 Å². The Kier molecular flexibility index (Phi) is 9.10. The number of hydrogen-bond donors (Lipinski definition) is 0. The van der Waals surface area contributed by atoms with E-state index in [0.717, 1.165) is 34.9 Å². The number of allylic oxidation sites excluding steroid dienone is 1. The summed E-state index contributed by atoms with van der Waals surface area (Å²) in [5, 5.41) is 0.728. The average Bonchev–Trinajstić information content (AvgIpc) is 3.42. The van der Waals surface area contributed by atoms with Gasteiger partial charge < -0.3 is 4.74 Å². The van der Waals surface area contributed by atoms with Crippen molar-refractivity contribution >= 4 is 23.1 Å². The molecule has 25 heavy (non-hydrogen) atoms. The number of esters is 1. The van der Waals surface area contributed by atoms with Crippen molar-refractivity contribution in [3.63, 3.8) is 0 Å². The Morgan fingerprint density at radius 1 is 1.08 bits per heavy atom. The molecule has 1 aromatic rings. The van der Waals surface area contributed by atoms with E-state index in [0.29, 0.717) is 13.0 Å². The van der Waals surface area contributed by atoms with E-state index in [1.807, 2.05) is 37.3 Å². The lowest BCUT2D eigenvalue weighted by molar-refractivity contribution is -0.142. The van der Waals surface area contributed by atoms with E-state index in [-0.39, 0.29) is 5.97 Å². The van der Waals surface area contributed by atoms with Gasteiger partial charge in [-0.05, 0) is 48.6 Å². The highest BCUT2D eigenvalue weighted by Gasteiger charge is 2.19. The van der Waals surface area contributed by atoms with Crippen LogP contribution < -0.4 is 0 Å². The molecule has 1 aliphatic rings. The van der Waals surface area contributed by atoms with Gasteiger partial charge in [-0.15, -0.1) is 0 Å². The number of carbonyl (C=O) groups excluding carboxylic acids is 1.